The molecule has 0 N–H and O–H groups in total. The van der Waals surface area contributed by atoms with Crippen molar-refractivity contribution in [1.82, 2.24) is 19.4 Å². The van der Waals surface area contributed by atoms with Crippen LogP contribution in [-0.2, 0) is 0 Å². The number of pyridine rings is 1. The molecule has 0 aliphatic carbocycles. The van der Waals surface area contributed by atoms with Crippen molar-refractivity contribution >= 4 is 17.1 Å². The van der Waals surface area contributed by atoms with Gasteiger partial charge in [0.15, 0.2) is 5.65 Å². The van der Waals surface area contributed by atoms with Crippen LogP contribution in [0.2, 0.25) is 0 Å². The highest BCUT2D eigenvalue weighted by Crippen LogP contribution is 2.23. The van der Waals surface area contributed by atoms with Crippen molar-refractivity contribution in [2.75, 3.05) is 20.2 Å². The Morgan fingerprint density at radius 2 is 1.93 bits per heavy atom. The van der Waals surface area contributed by atoms with Crippen LogP contribution >= 0.6 is 0 Å². The van der Waals surface area contributed by atoms with Crippen molar-refractivity contribution in [1.29, 1.82) is 0 Å². The highest BCUT2D eigenvalue weighted by Gasteiger charge is 2.24. The summed E-state index contributed by atoms with van der Waals surface area (Å²) in [7, 11) is 1.63. The number of methoxy groups -OCH3 is 1. The van der Waals surface area contributed by atoms with Crippen LogP contribution in [0.1, 0.15) is 29.0 Å². The molecule has 0 atom stereocenters. The number of carbonyl (C=O) groups excluding carboxylic acids is 1. The second-order valence-corrected chi connectivity index (χ2v) is 6.73. The zero-order valence-corrected chi connectivity index (χ0v) is 15.4. The van der Waals surface area contributed by atoms with Gasteiger partial charge in [-0.3, -0.25) is 9.36 Å². The number of nitrogens with zero attached hydrogens (tertiary/aromatic N) is 4. The van der Waals surface area contributed by atoms with E-state index in [4.69, 9.17) is 4.74 Å². The summed E-state index contributed by atoms with van der Waals surface area (Å²) < 4.78 is 20.5. The quantitative estimate of drug-likeness (QED) is 0.712. The van der Waals surface area contributed by atoms with E-state index in [1.165, 1.54) is 0 Å². The molecule has 0 spiro atoms. The van der Waals surface area contributed by atoms with Crippen molar-refractivity contribution in [3.8, 4) is 11.4 Å². The summed E-state index contributed by atoms with van der Waals surface area (Å²) in [6, 6.07) is 9.41. The molecular weight excluding hydrogens is 347 g/mol. The van der Waals surface area contributed by atoms with Crippen LogP contribution in [-0.4, -0.2) is 51.7 Å². The minimum Gasteiger partial charge on any atom is -0.497 e. The number of ether oxygens (including phenoxy) is 1. The minimum absolute atomic E-state index is 0.118. The smallest absolute Gasteiger partial charge is 0.255 e. The number of carbonyl (C=O) groups is 1. The highest BCUT2D eigenvalue weighted by atomic mass is 19.1. The molecule has 0 saturated carbocycles. The third-order valence-electron chi connectivity index (χ3n) is 4.95. The molecule has 0 unspecified atom stereocenters. The molecular formula is C20H21FN4O2. The molecule has 3 heterocycles. The van der Waals surface area contributed by atoms with E-state index in [1.54, 1.807) is 24.3 Å². The summed E-state index contributed by atoms with van der Waals surface area (Å²) in [4.78, 5) is 23.5. The molecule has 3 aromatic rings. The predicted molar refractivity (Wildman–Crippen MR) is 100 cm³/mol. The highest BCUT2D eigenvalue weighted by molar-refractivity contribution is 5.96. The van der Waals surface area contributed by atoms with Crippen LogP contribution in [0.3, 0.4) is 0 Å². The van der Waals surface area contributed by atoms with E-state index >= 15 is 0 Å². The van der Waals surface area contributed by atoms with Gasteiger partial charge < -0.3 is 9.64 Å². The molecule has 140 valence electrons. The second kappa shape index (κ2) is 6.98. The largest absolute Gasteiger partial charge is 0.497 e. The van der Waals surface area contributed by atoms with Gasteiger partial charge in [-0.15, -0.1) is 0 Å². The molecule has 2 aromatic heterocycles. The average Bonchev–Trinajstić information content (AvgIpc) is 3.03. The third-order valence-corrected chi connectivity index (χ3v) is 4.95. The lowest BCUT2D eigenvalue weighted by Crippen LogP contribution is -2.39. The van der Waals surface area contributed by atoms with Gasteiger partial charge in [0.1, 0.15) is 23.3 Å². The van der Waals surface area contributed by atoms with Gasteiger partial charge >= 0.3 is 0 Å². The van der Waals surface area contributed by atoms with E-state index in [0.717, 1.165) is 17.3 Å². The minimum atomic E-state index is -0.808. The standard InChI is InChI=1S/C20H21FN4O2/c1-13-23-18-11-14(20(26)24-9-7-15(21)8-10-24)12-22-19(18)25(13)16-3-5-17(27-2)6-4-16/h3-6,11-12,15H,7-10H2,1-2H3. The Morgan fingerprint density at radius 3 is 2.59 bits per heavy atom. The Kier molecular flexibility index (Phi) is 4.51. The first kappa shape index (κ1) is 17.5. The lowest BCUT2D eigenvalue weighted by atomic mass is 10.1. The lowest BCUT2D eigenvalue weighted by molar-refractivity contribution is 0.0666. The van der Waals surface area contributed by atoms with Gasteiger partial charge in [0.25, 0.3) is 5.91 Å². The second-order valence-electron chi connectivity index (χ2n) is 6.73. The number of imidazole rings is 1. The Hall–Kier alpha value is -2.96. The first-order valence-electron chi connectivity index (χ1n) is 8.99. The summed E-state index contributed by atoms with van der Waals surface area (Å²) >= 11 is 0. The normalized spacial score (nSPS) is 15.3. The van der Waals surface area contributed by atoms with Gasteiger partial charge in [0.2, 0.25) is 0 Å². The number of amides is 1. The fraction of sp³-hybridized carbons (Fsp3) is 0.350. The number of piperidine rings is 1. The monoisotopic (exact) mass is 368 g/mol. The Morgan fingerprint density at radius 1 is 1.22 bits per heavy atom. The zero-order chi connectivity index (χ0) is 19.0. The van der Waals surface area contributed by atoms with Crippen molar-refractivity contribution < 1.29 is 13.9 Å². The van der Waals surface area contributed by atoms with Crippen LogP contribution in [0.15, 0.2) is 36.5 Å². The summed E-state index contributed by atoms with van der Waals surface area (Å²) in [5.74, 6) is 1.44. The van der Waals surface area contributed by atoms with Crippen molar-refractivity contribution in [3.05, 3.63) is 47.9 Å². The van der Waals surface area contributed by atoms with Crippen molar-refractivity contribution in [2.24, 2.45) is 0 Å². The first-order chi connectivity index (χ1) is 13.1. The molecule has 1 saturated heterocycles. The fourth-order valence-corrected chi connectivity index (χ4v) is 3.47. The van der Waals surface area contributed by atoms with Gasteiger partial charge in [-0.05, 0) is 50.1 Å². The van der Waals surface area contributed by atoms with Crippen LogP contribution in [0.4, 0.5) is 4.39 Å². The van der Waals surface area contributed by atoms with Crippen LogP contribution in [0.5, 0.6) is 5.75 Å². The van der Waals surface area contributed by atoms with Gasteiger partial charge in [0, 0.05) is 25.0 Å². The van der Waals surface area contributed by atoms with Crippen molar-refractivity contribution in [3.63, 3.8) is 0 Å². The molecule has 1 aliphatic heterocycles. The van der Waals surface area contributed by atoms with E-state index in [2.05, 4.69) is 9.97 Å². The van der Waals surface area contributed by atoms with Crippen LogP contribution < -0.4 is 4.74 Å². The van der Waals surface area contributed by atoms with E-state index in [9.17, 15) is 9.18 Å². The average molecular weight is 368 g/mol. The summed E-state index contributed by atoms with van der Waals surface area (Å²) in [6.45, 7) is 2.79. The number of hydrogen-bond acceptors (Lipinski definition) is 4. The number of likely N-dealkylation sites (tertiary alicyclic amines) is 1. The van der Waals surface area contributed by atoms with Crippen molar-refractivity contribution in [2.45, 2.75) is 25.9 Å². The maximum absolute atomic E-state index is 13.3. The number of aryl methyl sites for hydroxylation is 1. The number of hydrogen-bond donors (Lipinski definition) is 0. The summed E-state index contributed by atoms with van der Waals surface area (Å²) in [6.07, 6.45) is 1.56. The van der Waals surface area contributed by atoms with Gasteiger partial charge in [0.05, 0.1) is 12.7 Å². The molecule has 0 radical (unpaired) electrons. The Labute approximate surface area is 156 Å². The van der Waals surface area contributed by atoms with E-state index in [0.29, 0.717) is 42.7 Å². The molecule has 4 rings (SSSR count). The van der Waals surface area contributed by atoms with Crippen LogP contribution in [0.25, 0.3) is 16.9 Å². The first-order valence-corrected chi connectivity index (χ1v) is 8.99. The third kappa shape index (κ3) is 3.25. The molecule has 1 amide bonds. The number of fused-ring (bicyclic) bond motifs is 1. The predicted octanol–water partition coefficient (Wildman–Crippen LogP) is 3.31. The summed E-state index contributed by atoms with van der Waals surface area (Å²) in [5.41, 5.74) is 2.76. The molecule has 1 aromatic carbocycles. The lowest BCUT2D eigenvalue weighted by Gasteiger charge is -2.28. The van der Waals surface area contributed by atoms with E-state index in [1.807, 2.05) is 35.8 Å². The maximum Gasteiger partial charge on any atom is 0.255 e. The molecule has 0 bridgehead atoms. The van der Waals surface area contributed by atoms with Crippen LogP contribution in [0, 0.1) is 6.92 Å². The Bertz CT molecular complexity index is 976. The fourth-order valence-electron chi connectivity index (χ4n) is 3.47. The van der Waals surface area contributed by atoms with E-state index < -0.39 is 6.17 Å². The number of alkyl halides is 1. The van der Waals surface area contributed by atoms with E-state index in [-0.39, 0.29) is 5.91 Å². The molecule has 27 heavy (non-hydrogen) atoms. The topological polar surface area (TPSA) is 60.3 Å². The number of benzene rings is 1. The zero-order valence-electron chi connectivity index (χ0n) is 15.4. The number of rotatable bonds is 3. The van der Waals surface area contributed by atoms with Gasteiger partial charge in [-0.25, -0.2) is 14.4 Å². The number of halogens is 1. The maximum atomic E-state index is 13.3. The number of aromatic nitrogens is 3. The molecule has 1 aliphatic rings. The summed E-state index contributed by atoms with van der Waals surface area (Å²) in [5, 5.41) is 0. The molecule has 6 nitrogen and oxygen atoms in total. The molecule has 1 fully saturated rings. The molecule has 7 heteroatoms. The Balaban J connectivity index is 1.67. The van der Waals surface area contributed by atoms with Gasteiger partial charge in [-0.2, -0.15) is 0 Å². The van der Waals surface area contributed by atoms with Gasteiger partial charge in [-0.1, -0.05) is 0 Å². The SMILES string of the molecule is COc1ccc(-n2c(C)nc3cc(C(=O)N4CCC(F)CC4)cnc32)cc1.